The van der Waals surface area contributed by atoms with Crippen LogP contribution in [-0.2, 0) is 0 Å². The summed E-state index contributed by atoms with van der Waals surface area (Å²) in [6.07, 6.45) is 7.32. The van der Waals surface area contributed by atoms with E-state index in [1.54, 1.807) is 0 Å². The number of nitrogens with zero attached hydrogens (tertiary/aromatic N) is 1. The monoisotopic (exact) mass is 195 g/mol. The number of hydrazone groups is 1. The number of amides is 2. The molecule has 2 amide bonds. The predicted molar refractivity (Wildman–Crippen MR) is 54.8 cm³/mol. The molecule has 3 N–H and O–H groups in total. The Morgan fingerprint density at radius 1 is 1.21 bits per heavy atom. The van der Waals surface area contributed by atoms with E-state index >= 15 is 0 Å². The Hall–Kier alpha value is -1.06. The minimum atomic E-state index is -0.565. The Balaban J connectivity index is 1.88. The summed E-state index contributed by atoms with van der Waals surface area (Å²) in [6.45, 7) is 0. The van der Waals surface area contributed by atoms with Crippen LogP contribution in [0.2, 0.25) is 0 Å². The summed E-state index contributed by atoms with van der Waals surface area (Å²) >= 11 is 0. The highest BCUT2D eigenvalue weighted by molar-refractivity contribution is 5.86. The lowest BCUT2D eigenvalue weighted by Crippen LogP contribution is -2.25. The minimum Gasteiger partial charge on any atom is -0.350 e. The lowest BCUT2D eigenvalue weighted by Gasteiger charge is -2.34. The first-order valence-electron chi connectivity index (χ1n) is 5.36. The summed E-state index contributed by atoms with van der Waals surface area (Å²) in [5.41, 5.74) is 8.39. The molecule has 0 heterocycles. The number of carbonyl (C=O) groups is 1. The van der Waals surface area contributed by atoms with Gasteiger partial charge in [0.1, 0.15) is 0 Å². The van der Waals surface area contributed by atoms with Gasteiger partial charge in [0.2, 0.25) is 0 Å². The Kier molecular flexibility index (Phi) is 2.70. The number of carbonyl (C=O) groups excluding carboxylic acids is 1. The van der Waals surface area contributed by atoms with Gasteiger partial charge in [0, 0.05) is 5.71 Å². The van der Waals surface area contributed by atoms with Gasteiger partial charge in [-0.1, -0.05) is 0 Å². The molecule has 4 nitrogen and oxygen atoms in total. The van der Waals surface area contributed by atoms with Gasteiger partial charge in [-0.25, -0.2) is 10.2 Å². The molecule has 4 heteroatoms. The van der Waals surface area contributed by atoms with E-state index in [-0.39, 0.29) is 0 Å². The zero-order valence-electron chi connectivity index (χ0n) is 8.33. The van der Waals surface area contributed by atoms with Crippen LogP contribution in [0.4, 0.5) is 4.79 Å². The molecule has 0 aliphatic heterocycles. The normalized spacial score (nSPS) is 31.0. The van der Waals surface area contributed by atoms with Crippen LogP contribution in [0.15, 0.2) is 5.10 Å². The van der Waals surface area contributed by atoms with Gasteiger partial charge in [0.25, 0.3) is 0 Å². The highest BCUT2D eigenvalue weighted by Gasteiger charge is 2.32. The third kappa shape index (κ3) is 2.05. The summed E-state index contributed by atoms with van der Waals surface area (Å²) in [7, 11) is 0. The summed E-state index contributed by atoms with van der Waals surface area (Å²) in [5, 5.41) is 4.03. The molecule has 0 radical (unpaired) electrons. The van der Waals surface area contributed by atoms with Gasteiger partial charge >= 0.3 is 6.03 Å². The topological polar surface area (TPSA) is 67.5 Å². The van der Waals surface area contributed by atoms with Crippen LogP contribution in [0.3, 0.4) is 0 Å². The molecule has 0 bridgehead atoms. The van der Waals surface area contributed by atoms with Crippen LogP contribution in [0.25, 0.3) is 0 Å². The van der Waals surface area contributed by atoms with Gasteiger partial charge in [-0.05, 0) is 50.4 Å². The highest BCUT2D eigenvalue weighted by atomic mass is 16.2. The first-order chi connectivity index (χ1) is 6.75. The Morgan fingerprint density at radius 2 is 1.79 bits per heavy atom. The second kappa shape index (κ2) is 3.98. The number of rotatable bonds is 1. The minimum absolute atomic E-state index is 0.565. The first kappa shape index (κ1) is 9.49. The van der Waals surface area contributed by atoms with E-state index in [2.05, 4.69) is 10.5 Å². The molecular weight excluding hydrogens is 178 g/mol. The number of fused-ring (bicyclic) bond motifs is 1. The number of urea groups is 1. The number of primary amides is 1. The standard InChI is InChI=1S/C10H17N3O/c11-10(14)13-12-9-5-3-7-1-2-8(7)4-6-9/h7-8H,1-6H2,(H3,11,13,14). The first-order valence-corrected chi connectivity index (χ1v) is 5.36. The van der Waals surface area contributed by atoms with E-state index in [0.29, 0.717) is 0 Å². The van der Waals surface area contributed by atoms with E-state index in [1.807, 2.05) is 0 Å². The zero-order chi connectivity index (χ0) is 9.97. The van der Waals surface area contributed by atoms with Crippen molar-refractivity contribution in [1.29, 1.82) is 0 Å². The van der Waals surface area contributed by atoms with Crippen LogP contribution < -0.4 is 11.2 Å². The predicted octanol–water partition coefficient (Wildman–Crippen LogP) is 1.61. The lowest BCUT2D eigenvalue weighted by molar-refractivity contribution is 0.165. The van der Waals surface area contributed by atoms with E-state index in [4.69, 9.17) is 5.73 Å². The van der Waals surface area contributed by atoms with E-state index in [1.165, 1.54) is 25.7 Å². The Bertz CT molecular complexity index is 246. The zero-order valence-corrected chi connectivity index (χ0v) is 8.33. The molecule has 2 unspecified atom stereocenters. The summed E-state index contributed by atoms with van der Waals surface area (Å²) in [5.74, 6) is 1.85. The van der Waals surface area contributed by atoms with Crippen LogP contribution in [0.1, 0.15) is 38.5 Å². The van der Waals surface area contributed by atoms with E-state index in [9.17, 15) is 4.79 Å². The van der Waals surface area contributed by atoms with Gasteiger partial charge in [0.05, 0.1) is 0 Å². The second-order valence-electron chi connectivity index (χ2n) is 4.33. The fraction of sp³-hybridized carbons (Fsp3) is 0.800. The van der Waals surface area contributed by atoms with E-state index < -0.39 is 6.03 Å². The highest BCUT2D eigenvalue weighted by Crippen LogP contribution is 2.42. The van der Waals surface area contributed by atoms with Gasteiger partial charge < -0.3 is 5.73 Å². The van der Waals surface area contributed by atoms with Gasteiger partial charge in [-0.15, -0.1) is 0 Å². The number of hydrogen-bond acceptors (Lipinski definition) is 2. The molecule has 2 atom stereocenters. The van der Waals surface area contributed by atoms with Crippen LogP contribution >= 0.6 is 0 Å². The molecule has 2 rings (SSSR count). The van der Waals surface area contributed by atoms with Crippen molar-refractivity contribution in [3.63, 3.8) is 0 Å². The SMILES string of the molecule is NC(=O)NN=C1CCC2CCC2CC1. The Labute approximate surface area is 83.9 Å². The quantitative estimate of drug-likeness (QED) is 0.613. The maximum Gasteiger partial charge on any atom is 0.332 e. The van der Waals surface area contributed by atoms with Crippen molar-refractivity contribution in [2.75, 3.05) is 0 Å². The van der Waals surface area contributed by atoms with Gasteiger partial charge in [0.15, 0.2) is 0 Å². The molecule has 2 fully saturated rings. The lowest BCUT2D eigenvalue weighted by atomic mass is 9.71. The van der Waals surface area contributed by atoms with E-state index in [0.717, 1.165) is 30.4 Å². The number of hydrogen-bond donors (Lipinski definition) is 2. The summed E-state index contributed by atoms with van der Waals surface area (Å²) in [4.78, 5) is 10.5. The van der Waals surface area contributed by atoms with Crippen LogP contribution in [0, 0.1) is 11.8 Å². The second-order valence-corrected chi connectivity index (χ2v) is 4.33. The molecule has 2 aliphatic rings. The molecule has 78 valence electrons. The number of nitrogens with two attached hydrogens (primary N) is 1. The molecule has 0 spiro atoms. The average Bonchev–Trinajstić information content (AvgIpc) is 2.23. The molecule has 2 aliphatic carbocycles. The van der Waals surface area contributed by atoms with Gasteiger partial charge in [-0.2, -0.15) is 5.10 Å². The summed E-state index contributed by atoms with van der Waals surface area (Å²) in [6, 6.07) is -0.565. The van der Waals surface area contributed by atoms with Crippen molar-refractivity contribution < 1.29 is 4.79 Å². The molecule has 14 heavy (non-hydrogen) atoms. The fourth-order valence-electron chi connectivity index (χ4n) is 2.47. The van der Waals surface area contributed by atoms with Crippen molar-refractivity contribution in [2.45, 2.75) is 38.5 Å². The number of nitrogens with one attached hydrogen (secondary N) is 1. The van der Waals surface area contributed by atoms with Crippen molar-refractivity contribution in [1.82, 2.24) is 5.43 Å². The molecular formula is C10H17N3O. The van der Waals surface area contributed by atoms with Gasteiger partial charge in [-0.3, -0.25) is 0 Å². The molecule has 2 saturated carbocycles. The third-order valence-electron chi connectivity index (χ3n) is 3.51. The average molecular weight is 195 g/mol. The largest absolute Gasteiger partial charge is 0.350 e. The molecule has 0 saturated heterocycles. The molecule has 0 aromatic heterocycles. The van der Waals surface area contributed by atoms with Crippen LogP contribution in [0.5, 0.6) is 0 Å². The van der Waals surface area contributed by atoms with Crippen molar-refractivity contribution in [3.05, 3.63) is 0 Å². The van der Waals surface area contributed by atoms with Crippen molar-refractivity contribution >= 4 is 11.7 Å². The van der Waals surface area contributed by atoms with Crippen molar-refractivity contribution in [3.8, 4) is 0 Å². The molecule has 0 aromatic carbocycles. The van der Waals surface area contributed by atoms with Crippen molar-refractivity contribution in [2.24, 2.45) is 22.7 Å². The maximum atomic E-state index is 10.5. The smallest absolute Gasteiger partial charge is 0.332 e. The summed E-state index contributed by atoms with van der Waals surface area (Å²) < 4.78 is 0. The fourth-order valence-corrected chi connectivity index (χ4v) is 2.47. The molecule has 0 aromatic rings. The maximum absolute atomic E-state index is 10.5. The third-order valence-corrected chi connectivity index (χ3v) is 3.51. The van der Waals surface area contributed by atoms with Crippen LogP contribution in [-0.4, -0.2) is 11.7 Å². The Morgan fingerprint density at radius 3 is 2.21 bits per heavy atom.